The van der Waals surface area contributed by atoms with Crippen LogP contribution in [0.4, 0.5) is 4.39 Å². The molecule has 70 valence electrons. The normalized spacial score (nSPS) is 21.3. The summed E-state index contributed by atoms with van der Waals surface area (Å²) in [6, 6.07) is 3.55. The molecular weight excluding hydrogens is 233 g/mol. The van der Waals surface area contributed by atoms with E-state index in [2.05, 4.69) is 28.2 Å². The number of fused-ring (bicyclic) bond motifs is 1. The average molecular weight is 244 g/mol. The first-order valence-corrected chi connectivity index (χ1v) is 5.19. The molecule has 0 radical (unpaired) electrons. The van der Waals surface area contributed by atoms with Crippen LogP contribution in [0.15, 0.2) is 16.6 Å². The lowest BCUT2D eigenvalue weighted by Gasteiger charge is -2.25. The molecule has 0 saturated heterocycles. The van der Waals surface area contributed by atoms with E-state index in [4.69, 9.17) is 0 Å². The van der Waals surface area contributed by atoms with Gasteiger partial charge in [0, 0.05) is 10.5 Å². The second-order valence-corrected chi connectivity index (χ2v) is 4.20. The van der Waals surface area contributed by atoms with Gasteiger partial charge in [-0.15, -0.1) is 0 Å². The molecule has 0 aliphatic carbocycles. The van der Waals surface area contributed by atoms with E-state index in [-0.39, 0.29) is 11.9 Å². The van der Waals surface area contributed by atoms with Gasteiger partial charge in [0.25, 0.3) is 0 Å². The van der Waals surface area contributed by atoms with E-state index < -0.39 is 0 Å². The van der Waals surface area contributed by atoms with Gasteiger partial charge in [0.2, 0.25) is 0 Å². The van der Waals surface area contributed by atoms with Gasteiger partial charge in [-0.1, -0.05) is 15.9 Å². The lowest BCUT2D eigenvalue weighted by molar-refractivity contribution is 0.511. The molecule has 0 spiro atoms. The Morgan fingerprint density at radius 3 is 3.00 bits per heavy atom. The van der Waals surface area contributed by atoms with Crippen molar-refractivity contribution < 1.29 is 4.39 Å². The summed E-state index contributed by atoms with van der Waals surface area (Å²) in [7, 11) is 0. The molecule has 1 aromatic carbocycles. The highest BCUT2D eigenvalue weighted by Crippen LogP contribution is 2.31. The Hall–Kier alpha value is -0.410. The lowest BCUT2D eigenvalue weighted by atomic mass is 9.95. The molecule has 0 saturated carbocycles. The van der Waals surface area contributed by atoms with Crippen molar-refractivity contribution in [3.63, 3.8) is 0 Å². The summed E-state index contributed by atoms with van der Waals surface area (Å²) in [4.78, 5) is 0. The molecule has 0 amide bonds. The molecule has 2 rings (SSSR count). The predicted molar refractivity (Wildman–Crippen MR) is 54.2 cm³/mol. The second-order valence-electron chi connectivity index (χ2n) is 3.35. The number of hydrogen-bond acceptors (Lipinski definition) is 1. The van der Waals surface area contributed by atoms with Crippen molar-refractivity contribution in [3.05, 3.63) is 33.5 Å². The molecule has 13 heavy (non-hydrogen) atoms. The molecule has 1 heterocycles. The van der Waals surface area contributed by atoms with Gasteiger partial charge in [0.15, 0.2) is 0 Å². The molecule has 3 heteroatoms. The first-order valence-electron chi connectivity index (χ1n) is 4.40. The molecule has 1 N–H and O–H groups in total. The van der Waals surface area contributed by atoms with Crippen LogP contribution in [0.1, 0.15) is 24.1 Å². The Labute approximate surface area is 85.5 Å². The third kappa shape index (κ3) is 1.51. The van der Waals surface area contributed by atoms with Crippen LogP contribution in [0, 0.1) is 5.82 Å². The van der Waals surface area contributed by atoms with Crippen molar-refractivity contribution in [1.82, 2.24) is 5.32 Å². The molecule has 1 aromatic rings. The summed E-state index contributed by atoms with van der Waals surface area (Å²) in [5, 5.41) is 3.31. The van der Waals surface area contributed by atoms with Crippen molar-refractivity contribution in [2.45, 2.75) is 19.4 Å². The first-order chi connectivity index (χ1) is 6.20. The van der Waals surface area contributed by atoms with Crippen molar-refractivity contribution in [2.75, 3.05) is 6.54 Å². The Bertz CT molecular complexity index is 338. The summed E-state index contributed by atoms with van der Waals surface area (Å²) in [5.74, 6) is -0.0773. The first kappa shape index (κ1) is 9.16. The summed E-state index contributed by atoms with van der Waals surface area (Å²) in [6.45, 7) is 2.92. The van der Waals surface area contributed by atoms with Gasteiger partial charge in [-0.3, -0.25) is 0 Å². The molecule has 0 fully saturated rings. The molecular formula is C10H11BrFN. The fourth-order valence-electron chi connectivity index (χ4n) is 1.85. The van der Waals surface area contributed by atoms with Gasteiger partial charge in [-0.2, -0.15) is 0 Å². The minimum absolute atomic E-state index is 0.0773. The van der Waals surface area contributed by atoms with Crippen molar-refractivity contribution in [2.24, 2.45) is 0 Å². The molecule has 1 unspecified atom stereocenters. The monoisotopic (exact) mass is 243 g/mol. The molecule has 1 aliphatic heterocycles. The van der Waals surface area contributed by atoms with Crippen LogP contribution in [0.2, 0.25) is 0 Å². The molecule has 1 aliphatic rings. The third-order valence-electron chi connectivity index (χ3n) is 2.51. The Balaban J connectivity index is 2.60. The van der Waals surface area contributed by atoms with Gasteiger partial charge in [-0.25, -0.2) is 4.39 Å². The SMILES string of the molecule is CC1NCCc2c(F)ccc(Br)c21. The number of halogens is 2. The fourth-order valence-corrected chi connectivity index (χ4v) is 2.56. The van der Waals surface area contributed by atoms with Crippen LogP contribution in [0.3, 0.4) is 0 Å². The van der Waals surface area contributed by atoms with E-state index in [1.807, 2.05) is 0 Å². The smallest absolute Gasteiger partial charge is 0.126 e. The van der Waals surface area contributed by atoms with Gasteiger partial charge in [-0.05, 0) is 43.1 Å². The second kappa shape index (κ2) is 3.39. The van der Waals surface area contributed by atoms with E-state index in [9.17, 15) is 4.39 Å². The van der Waals surface area contributed by atoms with Crippen LogP contribution in [-0.2, 0) is 6.42 Å². The third-order valence-corrected chi connectivity index (χ3v) is 3.20. The zero-order valence-corrected chi connectivity index (χ0v) is 8.99. The van der Waals surface area contributed by atoms with Crippen molar-refractivity contribution in [1.29, 1.82) is 0 Å². The zero-order valence-electron chi connectivity index (χ0n) is 7.40. The summed E-state index contributed by atoms with van der Waals surface area (Å²) < 4.78 is 14.4. The average Bonchev–Trinajstić information content (AvgIpc) is 2.12. The van der Waals surface area contributed by atoms with Crippen molar-refractivity contribution >= 4 is 15.9 Å². The summed E-state index contributed by atoms with van der Waals surface area (Å²) in [5.41, 5.74) is 1.94. The highest BCUT2D eigenvalue weighted by atomic mass is 79.9. The maximum Gasteiger partial charge on any atom is 0.126 e. The van der Waals surface area contributed by atoms with E-state index in [1.54, 1.807) is 6.07 Å². The molecule has 1 atom stereocenters. The van der Waals surface area contributed by atoms with Crippen LogP contribution in [0.25, 0.3) is 0 Å². The predicted octanol–water partition coefficient (Wildman–Crippen LogP) is 2.79. The van der Waals surface area contributed by atoms with E-state index in [0.717, 1.165) is 28.6 Å². The van der Waals surface area contributed by atoms with Gasteiger partial charge in [0.05, 0.1) is 0 Å². The largest absolute Gasteiger partial charge is 0.310 e. The van der Waals surface area contributed by atoms with Crippen molar-refractivity contribution in [3.8, 4) is 0 Å². The van der Waals surface area contributed by atoms with Crippen LogP contribution >= 0.6 is 15.9 Å². The van der Waals surface area contributed by atoms with E-state index in [0.29, 0.717) is 0 Å². The lowest BCUT2D eigenvalue weighted by Crippen LogP contribution is -2.28. The van der Waals surface area contributed by atoms with E-state index >= 15 is 0 Å². The molecule has 0 aromatic heterocycles. The quantitative estimate of drug-likeness (QED) is 0.739. The maximum absolute atomic E-state index is 13.4. The maximum atomic E-state index is 13.4. The number of benzene rings is 1. The van der Waals surface area contributed by atoms with Crippen LogP contribution in [0.5, 0.6) is 0 Å². The summed E-state index contributed by atoms with van der Waals surface area (Å²) >= 11 is 3.45. The minimum atomic E-state index is -0.0773. The number of hydrogen-bond donors (Lipinski definition) is 1. The standard InChI is InChI=1S/C10H11BrFN/c1-6-10-7(4-5-13-6)9(12)3-2-8(10)11/h2-3,6,13H,4-5H2,1H3. The molecule has 1 nitrogen and oxygen atoms in total. The highest BCUT2D eigenvalue weighted by molar-refractivity contribution is 9.10. The van der Waals surface area contributed by atoms with E-state index in [1.165, 1.54) is 6.07 Å². The minimum Gasteiger partial charge on any atom is -0.310 e. The number of rotatable bonds is 0. The Morgan fingerprint density at radius 1 is 1.54 bits per heavy atom. The Morgan fingerprint density at radius 2 is 2.31 bits per heavy atom. The fraction of sp³-hybridized carbons (Fsp3) is 0.400. The van der Waals surface area contributed by atoms with Gasteiger partial charge < -0.3 is 5.32 Å². The van der Waals surface area contributed by atoms with Crippen LogP contribution < -0.4 is 5.32 Å². The van der Waals surface area contributed by atoms with Gasteiger partial charge in [0.1, 0.15) is 5.82 Å². The number of nitrogens with one attached hydrogen (secondary N) is 1. The topological polar surface area (TPSA) is 12.0 Å². The Kier molecular flexibility index (Phi) is 2.39. The summed E-state index contributed by atoms with van der Waals surface area (Å²) in [6.07, 6.45) is 0.783. The molecule has 0 bridgehead atoms. The zero-order chi connectivity index (χ0) is 9.42. The van der Waals surface area contributed by atoms with Gasteiger partial charge >= 0.3 is 0 Å². The highest BCUT2D eigenvalue weighted by Gasteiger charge is 2.20. The van der Waals surface area contributed by atoms with Crippen LogP contribution in [-0.4, -0.2) is 6.54 Å².